The van der Waals surface area contributed by atoms with E-state index >= 15 is 0 Å². The molecule has 0 aliphatic rings. The highest BCUT2D eigenvalue weighted by atomic mass is 35.5. The van der Waals surface area contributed by atoms with Crippen LogP contribution >= 0.6 is 11.6 Å². The third-order valence-electron chi connectivity index (χ3n) is 3.10. The molecule has 0 atom stereocenters. The molecule has 0 bridgehead atoms. The Kier molecular flexibility index (Phi) is 2.99. The topological polar surface area (TPSA) is 90.9 Å². The second kappa shape index (κ2) is 4.71. The Labute approximate surface area is 123 Å². The van der Waals surface area contributed by atoms with Gasteiger partial charge < -0.3 is 19.7 Å². The molecule has 0 fully saturated rings. The molecule has 6 heteroatoms. The molecule has 0 saturated carbocycles. The summed E-state index contributed by atoms with van der Waals surface area (Å²) >= 11 is 5.88. The van der Waals surface area contributed by atoms with Crippen LogP contribution in [0.25, 0.3) is 22.3 Å². The van der Waals surface area contributed by atoms with E-state index in [0.29, 0.717) is 5.56 Å². The lowest BCUT2D eigenvalue weighted by atomic mass is 10.1. The van der Waals surface area contributed by atoms with Crippen molar-refractivity contribution in [2.75, 3.05) is 0 Å². The Morgan fingerprint density at radius 1 is 0.952 bits per heavy atom. The fourth-order valence-corrected chi connectivity index (χ4v) is 2.28. The van der Waals surface area contributed by atoms with Gasteiger partial charge in [0.2, 0.25) is 5.75 Å². The van der Waals surface area contributed by atoms with Gasteiger partial charge in [-0.1, -0.05) is 41.9 Å². The molecule has 0 aliphatic carbocycles. The van der Waals surface area contributed by atoms with Gasteiger partial charge in [0.15, 0.2) is 22.5 Å². The number of rotatable bonds is 1. The molecule has 3 aromatic rings. The van der Waals surface area contributed by atoms with Gasteiger partial charge in [0.1, 0.15) is 16.2 Å². The van der Waals surface area contributed by atoms with Crippen molar-refractivity contribution in [3.63, 3.8) is 0 Å². The Balaban J connectivity index is 2.43. The van der Waals surface area contributed by atoms with E-state index in [1.807, 2.05) is 6.07 Å². The molecule has 0 radical (unpaired) electrons. The second-order valence-electron chi connectivity index (χ2n) is 4.40. The van der Waals surface area contributed by atoms with Crippen molar-refractivity contribution in [3.05, 3.63) is 51.6 Å². The van der Waals surface area contributed by atoms with Gasteiger partial charge in [-0.25, -0.2) is 0 Å². The van der Waals surface area contributed by atoms with Crippen molar-refractivity contribution in [1.29, 1.82) is 0 Å². The average molecular weight is 305 g/mol. The summed E-state index contributed by atoms with van der Waals surface area (Å²) in [5.74, 6) is -2.12. The monoisotopic (exact) mass is 304 g/mol. The van der Waals surface area contributed by atoms with Crippen LogP contribution in [0.3, 0.4) is 0 Å². The molecular formula is C15H9ClO5. The summed E-state index contributed by atoms with van der Waals surface area (Å²) in [6, 6.07) is 10.0. The first kappa shape index (κ1) is 13.3. The zero-order chi connectivity index (χ0) is 15.1. The molecule has 0 saturated heterocycles. The summed E-state index contributed by atoms with van der Waals surface area (Å²) in [7, 11) is 0. The normalized spacial score (nSPS) is 10.9. The van der Waals surface area contributed by atoms with Crippen LogP contribution in [0.15, 0.2) is 45.6 Å². The number of halogens is 1. The summed E-state index contributed by atoms with van der Waals surface area (Å²) in [6.45, 7) is 0. The van der Waals surface area contributed by atoms with E-state index in [2.05, 4.69) is 0 Å². The van der Waals surface area contributed by atoms with Crippen LogP contribution in [0, 0.1) is 0 Å². The van der Waals surface area contributed by atoms with Crippen LogP contribution in [-0.2, 0) is 0 Å². The predicted molar refractivity (Wildman–Crippen MR) is 77.9 cm³/mol. The van der Waals surface area contributed by atoms with Crippen molar-refractivity contribution < 1.29 is 19.7 Å². The highest BCUT2D eigenvalue weighted by Gasteiger charge is 2.22. The summed E-state index contributed by atoms with van der Waals surface area (Å²) in [5, 5.41) is 28.3. The number of hydrogen-bond donors (Lipinski definition) is 3. The lowest BCUT2D eigenvalue weighted by Crippen LogP contribution is -2.01. The third-order valence-corrected chi connectivity index (χ3v) is 3.45. The van der Waals surface area contributed by atoms with Gasteiger partial charge in [-0.3, -0.25) is 4.79 Å². The van der Waals surface area contributed by atoms with Gasteiger partial charge in [0.25, 0.3) is 0 Å². The van der Waals surface area contributed by atoms with Crippen molar-refractivity contribution >= 4 is 22.6 Å². The summed E-state index contributed by atoms with van der Waals surface area (Å²) in [6.07, 6.45) is 0. The molecule has 1 aromatic heterocycles. The first-order valence-corrected chi connectivity index (χ1v) is 6.34. The standard InChI is InChI=1S/C15H9ClO5/c16-11-13(19)14(20)12(18)10-8(17)6-9(21-15(10)11)7-4-2-1-3-5-7/h1-6,18-20H. The van der Waals surface area contributed by atoms with Crippen LogP contribution in [0.2, 0.25) is 5.02 Å². The number of benzene rings is 2. The van der Waals surface area contributed by atoms with E-state index in [1.165, 1.54) is 6.07 Å². The van der Waals surface area contributed by atoms with Crippen molar-refractivity contribution in [2.24, 2.45) is 0 Å². The Hall–Kier alpha value is -2.66. The number of fused-ring (bicyclic) bond motifs is 1. The molecule has 0 spiro atoms. The number of phenols is 3. The minimum atomic E-state index is -0.854. The number of phenolic OH excluding ortho intramolecular Hbond substituents is 3. The van der Waals surface area contributed by atoms with E-state index in [1.54, 1.807) is 24.3 Å². The van der Waals surface area contributed by atoms with E-state index in [0.717, 1.165) is 0 Å². The first-order chi connectivity index (χ1) is 10.0. The largest absolute Gasteiger partial charge is 0.504 e. The van der Waals surface area contributed by atoms with E-state index < -0.39 is 22.7 Å². The molecule has 0 amide bonds. The smallest absolute Gasteiger partial charge is 0.202 e. The minimum Gasteiger partial charge on any atom is -0.504 e. The zero-order valence-electron chi connectivity index (χ0n) is 10.5. The minimum absolute atomic E-state index is 0.184. The Bertz CT molecular complexity index is 900. The van der Waals surface area contributed by atoms with E-state index in [-0.39, 0.29) is 21.8 Å². The van der Waals surface area contributed by atoms with Gasteiger partial charge in [-0.2, -0.15) is 0 Å². The maximum atomic E-state index is 12.1. The van der Waals surface area contributed by atoms with Gasteiger partial charge >= 0.3 is 0 Å². The maximum Gasteiger partial charge on any atom is 0.202 e. The molecule has 3 rings (SSSR count). The molecule has 0 unspecified atom stereocenters. The highest BCUT2D eigenvalue weighted by molar-refractivity contribution is 6.37. The lowest BCUT2D eigenvalue weighted by molar-refractivity contribution is 0.370. The molecule has 106 valence electrons. The fraction of sp³-hybridized carbons (Fsp3) is 0. The number of hydrogen-bond acceptors (Lipinski definition) is 5. The molecule has 2 aromatic carbocycles. The molecule has 3 N–H and O–H groups in total. The molecule has 0 aliphatic heterocycles. The third kappa shape index (κ3) is 1.98. The van der Waals surface area contributed by atoms with E-state index in [4.69, 9.17) is 16.0 Å². The van der Waals surface area contributed by atoms with Crippen LogP contribution in [0.1, 0.15) is 0 Å². The Morgan fingerprint density at radius 2 is 1.62 bits per heavy atom. The molecule has 1 heterocycles. The molecule has 21 heavy (non-hydrogen) atoms. The average Bonchev–Trinajstić information content (AvgIpc) is 2.51. The van der Waals surface area contributed by atoms with Gasteiger partial charge in [-0.15, -0.1) is 0 Å². The second-order valence-corrected chi connectivity index (χ2v) is 4.78. The van der Waals surface area contributed by atoms with Crippen molar-refractivity contribution in [1.82, 2.24) is 0 Å². The van der Waals surface area contributed by atoms with Gasteiger partial charge in [-0.05, 0) is 0 Å². The summed E-state index contributed by atoms with van der Waals surface area (Å²) < 4.78 is 5.51. The van der Waals surface area contributed by atoms with Crippen LogP contribution in [-0.4, -0.2) is 15.3 Å². The van der Waals surface area contributed by atoms with Crippen LogP contribution in [0.5, 0.6) is 17.2 Å². The van der Waals surface area contributed by atoms with Crippen LogP contribution < -0.4 is 5.43 Å². The van der Waals surface area contributed by atoms with Crippen molar-refractivity contribution in [2.45, 2.75) is 0 Å². The summed E-state index contributed by atoms with van der Waals surface area (Å²) in [4.78, 5) is 12.1. The van der Waals surface area contributed by atoms with E-state index in [9.17, 15) is 20.1 Å². The maximum absolute atomic E-state index is 12.1. The van der Waals surface area contributed by atoms with Gasteiger partial charge in [0, 0.05) is 11.6 Å². The Morgan fingerprint density at radius 3 is 2.29 bits per heavy atom. The zero-order valence-corrected chi connectivity index (χ0v) is 11.3. The fourth-order valence-electron chi connectivity index (χ4n) is 2.06. The first-order valence-electron chi connectivity index (χ1n) is 5.96. The van der Waals surface area contributed by atoms with Gasteiger partial charge in [0.05, 0.1) is 0 Å². The highest BCUT2D eigenvalue weighted by Crippen LogP contribution is 2.46. The lowest BCUT2D eigenvalue weighted by Gasteiger charge is -2.09. The van der Waals surface area contributed by atoms with Crippen LogP contribution in [0.4, 0.5) is 0 Å². The summed E-state index contributed by atoms with van der Waals surface area (Å²) in [5.41, 5.74) is -0.125. The molecule has 5 nitrogen and oxygen atoms in total. The molecular weight excluding hydrogens is 296 g/mol. The SMILES string of the molecule is O=c1cc(-c2ccccc2)oc2c(Cl)c(O)c(O)c(O)c12. The number of aromatic hydroxyl groups is 3. The predicted octanol–water partition coefficient (Wildman–Crippen LogP) is 3.23. The van der Waals surface area contributed by atoms with Crippen molar-refractivity contribution in [3.8, 4) is 28.6 Å². The quantitative estimate of drug-likeness (QED) is 0.600.